The number of nitrogens with one attached hydrogen (secondary N) is 2. The molecule has 1 amide bonds. The van der Waals surface area contributed by atoms with Crippen molar-refractivity contribution >= 4 is 18.1 Å². The first-order chi connectivity index (χ1) is 17.2. The summed E-state index contributed by atoms with van der Waals surface area (Å²) in [6, 6.07) is 9.90. The van der Waals surface area contributed by atoms with Gasteiger partial charge in [0, 0.05) is 43.1 Å². The summed E-state index contributed by atoms with van der Waals surface area (Å²) in [4.78, 5) is 32.7. The second kappa shape index (κ2) is 9.71. The fourth-order valence-corrected chi connectivity index (χ4v) is 5.07. The summed E-state index contributed by atoms with van der Waals surface area (Å²) >= 11 is 0. The summed E-state index contributed by atoms with van der Waals surface area (Å²) in [6.45, 7) is 9.95. The Bertz CT molecular complexity index is 1230. The van der Waals surface area contributed by atoms with Gasteiger partial charge in [-0.2, -0.15) is 0 Å². The van der Waals surface area contributed by atoms with Gasteiger partial charge in [0.25, 0.3) is 5.56 Å². The standard InChI is InChI=1S/C27H35N5O4/c1-17-7-5-6-8-21(17)22-13-18-14-28-25(30-23(18)32(24(22)33)20-10-12-35-16-20)29-19-9-11-31(15-19)26(34)36-27(2,3)4/h5-8,13-14,19-20,25,29-30H,9-12,15-16H2,1-4H3/t19-,20?,25?/m0/s1. The molecule has 2 unspecified atom stereocenters. The molecule has 0 saturated carbocycles. The highest BCUT2D eigenvalue weighted by molar-refractivity contribution is 5.90. The Morgan fingerprint density at radius 3 is 2.75 bits per heavy atom. The van der Waals surface area contributed by atoms with Gasteiger partial charge in [0.15, 0.2) is 6.29 Å². The Labute approximate surface area is 211 Å². The molecule has 9 nitrogen and oxygen atoms in total. The summed E-state index contributed by atoms with van der Waals surface area (Å²) in [6.07, 6.45) is 2.72. The molecule has 36 heavy (non-hydrogen) atoms. The van der Waals surface area contributed by atoms with Crippen molar-refractivity contribution in [1.82, 2.24) is 14.8 Å². The van der Waals surface area contributed by atoms with Crippen LogP contribution in [0.1, 0.15) is 50.8 Å². The Morgan fingerprint density at radius 1 is 1.22 bits per heavy atom. The Hall–Kier alpha value is -3.17. The van der Waals surface area contributed by atoms with E-state index in [1.165, 1.54) is 0 Å². The number of carbonyl (C=O) groups excluding carboxylic acids is 1. The van der Waals surface area contributed by atoms with Crippen molar-refractivity contribution < 1.29 is 14.3 Å². The van der Waals surface area contributed by atoms with E-state index in [-0.39, 0.29) is 23.7 Å². The van der Waals surface area contributed by atoms with Gasteiger partial charge < -0.3 is 19.7 Å². The van der Waals surface area contributed by atoms with Gasteiger partial charge >= 0.3 is 6.09 Å². The fourth-order valence-electron chi connectivity index (χ4n) is 5.07. The summed E-state index contributed by atoms with van der Waals surface area (Å²) < 4.78 is 13.0. The predicted octanol–water partition coefficient (Wildman–Crippen LogP) is 3.51. The smallest absolute Gasteiger partial charge is 0.410 e. The largest absolute Gasteiger partial charge is 0.444 e. The number of aromatic nitrogens is 1. The molecule has 4 heterocycles. The van der Waals surface area contributed by atoms with Crippen molar-refractivity contribution in [3.8, 4) is 11.1 Å². The molecule has 3 aliphatic rings. The fraction of sp³-hybridized carbons (Fsp3) is 0.519. The first-order valence-corrected chi connectivity index (χ1v) is 12.7. The normalized spacial score (nSPS) is 23.4. The van der Waals surface area contributed by atoms with Crippen LogP contribution in [0.5, 0.6) is 0 Å². The van der Waals surface area contributed by atoms with E-state index < -0.39 is 11.9 Å². The van der Waals surface area contributed by atoms with Gasteiger partial charge in [0.05, 0.1) is 12.6 Å². The molecule has 0 bridgehead atoms. The molecule has 5 rings (SSSR count). The van der Waals surface area contributed by atoms with Crippen molar-refractivity contribution in [1.29, 1.82) is 0 Å². The second-order valence-corrected chi connectivity index (χ2v) is 10.8. The van der Waals surface area contributed by atoms with Crippen LogP contribution in [0, 0.1) is 6.92 Å². The molecule has 2 aromatic rings. The molecule has 1 aromatic heterocycles. The lowest BCUT2D eigenvalue weighted by atomic mass is 9.99. The van der Waals surface area contributed by atoms with E-state index in [1.54, 1.807) is 4.90 Å². The van der Waals surface area contributed by atoms with E-state index in [1.807, 2.05) is 68.8 Å². The molecular formula is C27H35N5O4. The molecule has 0 aliphatic carbocycles. The van der Waals surface area contributed by atoms with E-state index in [2.05, 4.69) is 15.6 Å². The number of fused-ring (bicyclic) bond motifs is 1. The van der Waals surface area contributed by atoms with E-state index in [0.29, 0.717) is 31.9 Å². The zero-order valence-electron chi connectivity index (χ0n) is 21.4. The average molecular weight is 494 g/mol. The zero-order valence-corrected chi connectivity index (χ0v) is 21.4. The van der Waals surface area contributed by atoms with Crippen LogP contribution in [0.3, 0.4) is 0 Å². The Morgan fingerprint density at radius 2 is 2.03 bits per heavy atom. The molecule has 1 aromatic carbocycles. The van der Waals surface area contributed by atoms with Gasteiger partial charge in [0.2, 0.25) is 0 Å². The molecule has 2 saturated heterocycles. The number of amides is 1. The van der Waals surface area contributed by atoms with Crippen LogP contribution >= 0.6 is 0 Å². The van der Waals surface area contributed by atoms with Crippen LogP contribution in [0.2, 0.25) is 0 Å². The highest BCUT2D eigenvalue weighted by Gasteiger charge is 2.32. The minimum Gasteiger partial charge on any atom is -0.444 e. The van der Waals surface area contributed by atoms with Crippen molar-refractivity contribution in [3.63, 3.8) is 0 Å². The van der Waals surface area contributed by atoms with E-state index >= 15 is 0 Å². The second-order valence-electron chi connectivity index (χ2n) is 10.8. The maximum atomic E-state index is 13.8. The monoisotopic (exact) mass is 493 g/mol. The number of likely N-dealkylation sites (tertiary alicyclic amines) is 1. The maximum absolute atomic E-state index is 13.8. The molecular weight excluding hydrogens is 458 g/mol. The molecule has 0 spiro atoms. The lowest BCUT2D eigenvalue weighted by molar-refractivity contribution is 0.0290. The third kappa shape index (κ3) is 5.03. The molecule has 0 radical (unpaired) electrons. The number of anilines is 1. The highest BCUT2D eigenvalue weighted by Crippen LogP contribution is 2.30. The van der Waals surface area contributed by atoms with Crippen molar-refractivity contribution in [2.75, 3.05) is 31.6 Å². The number of ether oxygens (including phenoxy) is 2. The summed E-state index contributed by atoms with van der Waals surface area (Å²) in [5, 5.41) is 6.94. The predicted molar refractivity (Wildman–Crippen MR) is 140 cm³/mol. The van der Waals surface area contributed by atoms with Gasteiger partial charge in [-0.15, -0.1) is 0 Å². The number of nitrogens with zero attached hydrogens (tertiary/aromatic N) is 3. The van der Waals surface area contributed by atoms with Gasteiger partial charge in [-0.05, 0) is 57.7 Å². The summed E-state index contributed by atoms with van der Waals surface area (Å²) in [5.41, 5.74) is 2.98. The summed E-state index contributed by atoms with van der Waals surface area (Å²) in [5.74, 6) is 0.752. The minimum absolute atomic E-state index is 0.0305. The van der Waals surface area contributed by atoms with Gasteiger partial charge in [-0.25, -0.2) is 4.79 Å². The van der Waals surface area contributed by atoms with Gasteiger partial charge in [-0.3, -0.25) is 19.7 Å². The van der Waals surface area contributed by atoms with Crippen molar-refractivity contribution in [2.24, 2.45) is 4.99 Å². The van der Waals surface area contributed by atoms with Gasteiger partial charge in [-0.1, -0.05) is 24.3 Å². The van der Waals surface area contributed by atoms with Crippen LogP contribution < -0.4 is 16.2 Å². The lowest BCUT2D eigenvalue weighted by Gasteiger charge is -2.30. The molecule has 3 atom stereocenters. The third-order valence-corrected chi connectivity index (χ3v) is 6.84. The third-order valence-electron chi connectivity index (χ3n) is 6.84. The van der Waals surface area contributed by atoms with Crippen molar-refractivity contribution in [3.05, 3.63) is 51.8 Å². The molecule has 3 aliphatic heterocycles. The summed E-state index contributed by atoms with van der Waals surface area (Å²) in [7, 11) is 0. The number of hydrogen-bond acceptors (Lipinski definition) is 7. The topological polar surface area (TPSA) is 97.2 Å². The number of rotatable bonds is 4. The van der Waals surface area contributed by atoms with E-state index in [0.717, 1.165) is 35.3 Å². The highest BCUT2D eigenvalue weighted by atomic mass is 16.6. The Balaban J connectivity index is 1.38. The number of hydrogen-bond donors (Lipinski definition) is 2. The lowest BCUT2D eigenvalue weighted by Crippen LogP contribution is -2.46. The van der Waals surface area contributed by atoms with Gasteiger partial charge in [0.1, 0.15) is 11.4 Å². The quantitative estimate of drug-likeness (QED) is 0.677. The molecule has 9 heteroatoms. The van der Waals surface area contributed by atoms with Crippen molar-refractivity contribution in [2.45, 2.75) is 64.5 Å². The van der Waals surface area contributed by atoms with Crippen LogP contribution in [0.4, 0.5) is 10.6 Å². The SMILES string of the molecule is Cc1ccccc1-c1cc2c(n(C3CCOC3)c1=O)NC(N[C@H]1CCN(C(=O)OC(C)(C)C)C1)N=C2. The number of aliphatic imine (C=N–C) groups is 1. The molecule has 192 valence electrons. The average Bonchev–Trinajstić information content (AvgIpc) is 3.51. The number of pyridine rings is 1. The number of benzene rings is 1. The molecule has 2 N–H and O–H groups in total. The first kappa shape index (κ1) is 24.5. The minimum atomic E-state index is -0.522. The van der Waals surface area contributed by atoms with Crippen LogP contribution in [-0.2, 0) is 9.47 Å². The number of aryl methyl sites for hydroxylation is 1. The first-order valence-electron chi connectivity index (χ1n) is 12.7. The number of carbonyl (C=O) groups is 1. The van der Waals surface area contributed by atoms with Crippen LogP contribution in [0.15, 0.2) is 40.1 Å². The Kier molecular flexibility index (Phi) is 6.61. The van der Waals surface area contributed by atoms with Crippen LogP contribution in [0.25, 0.3) is 11.1 Å². The maximum Gasteiger partial charge on any atom is 0.410 e. The van der Waals surface area contributed by atoms with Crippen LogP contribution in [-0.4, -0.2) is 66.0 Å². The zero-order chi connectivity index (χ0) is 25.4. The van der Waals surface area contributed by atoms with E-state index in [9.17, 15) is 9.59 Å². The molecule has 2 fully saturated rings. The van der Waals surface area contributed by atoms with E-state index in [4.69, 9.17) is 9.47 Å².